The highest BCUT2D eigenvalue weighted by molar-refractivity contribution is 6.30. The van der Waals surface area contributed by atoms with Crippen molar-refractivity contribution in [2.24, 2.45) is 0 Å². The van der Waals surface area contributed by atoms with Crippen LogP contribution in [-0.2, 0) is 6.54 Å². The van der Waals surface area contributed by atoms with Gasteiger partial charge in [-0.1, -0.05) is 24.6 Å². The van der Waals surface area contributed by atoms with Gasteiger partial charge in [-0.2, -0.15) is 0 Å². The molecule has 21 heavy (non-hydrogen) atoms. The zero-order chi connectivity index (χ0) is 15.2. The molecule has 0 spiro atoms. The first-order valence-electron chi connectivity index (χ1n) is 6.73. The monoisotopic (exact) mass is 311 g/mol. The summed E-state index contributed by atoms with van der Waals surface area (Å²) < 4.78 is 32.9. The fraction of sp³-hybridized carbons (Fsp3) is 0.250. The molecule has 0 aliphatic carbocycles. The van der Waals surface area contributed by atoms with E-state index in [0.717, 1.165) is 13.0 Å². The fourth-order valence-electron chi connectivity index (χ4n) is 1.86. The molecular weight excluding hydrogens is 296 g/mol. The lowest BCUT2D eigenvalue weighted by Gasteiger charge is -2.13. The third-order valence-electron chi connectivity index (χ3n) is 2.92. The third-order valence-corrected chi connectivity index (χ3v) is 3.23. The van der Waals surface area contributed by atoms with Gasteiger partial charge in [0.25, 0.3) is 0 Å². The molecule has 1 N–H and O–H groups in total. The number of nitrogens with one attached hydrogen (secondary N) is 1. The maximum atomic E-state index is 13.9. The summed E-state index contributed by atoms with van der Waals surface area (Å²) in [4.78, 5) is 0. The van der Waals surface area contributed by atoms with Gasteiger partial charge in [-0.05, 0) is 37.2 Å². The summed E-state index contributed by atoms with van der Waals surface area (Å²) >= 11 is 5.62. The van der Waals surface area contributed by atoms with E-state index in [2.05, 4.69) is 5.32 Å². The molecule has 0 bridgehead atoms. The van der Waals surface area contributed by atoms with E-state index < -0.39 is 5.82 Å². The number of hydrogen-bond donors (Lipinski definition) is 1. The van der Waals surface area contributed by atoms with Crippen molar-refractivity contribution in [2.75, 3.05) is 6.54 Å². The summed E-state index contributed by atoms with van der Waals surface area (Å²) in [5, 5.41) is 3.14. The van der Waals surface area contributed by atoms with Crippen molar-refractivity contribution in [3.63, 3.8) is 0 Å². The van der Waals surface area contributed by atoms with E-state index >= 15 is 0 Å². The normalized spacial score (nSPS) is 10.7. The lowest BCUT2D eigenvalue weighted by atomic mass is 10.2. The summed E-state index contributed by atoms with van der Waals surface area (Å²) in [6.07, 6.45) is 0.951. The van der Waals surface area contributed by atoms with Crippen molar-refractivity contribution in [1.29, 1.82) is 0 Å². The van der Waals surface area contributed by atoms with E-state index in [-0.39, 0.29) is 16.6 Å². The molecule has 0 aliphatic heterocycles. The first kappa shape index (κ1) is 15.7. The molecule has 0 unspecified atom stereocenters. The van der Waals surface area contributed by atoms with E-state index in [0.29, 0.717) is 17.9 Å². The predicted molar refractivity (Wildman–Crippen MR) is 79.9 cm³/mol. The molecule has 0 heterocycles. The highest BCUT2D eigenvalue weighted by Gasteiger charge is 2.11. The number of benzene rings is 2. The maximum absolute atomic E-state index is 13.9. The molecule has 0 aromatic heterocycles. The minimum absolute atomic E-state index is 0.0198. The van der Waals surface area contributed by atoms with Crippen LogP contribution >= 0.6 is 11.6 Å². The lowest BCUT2D eigenvalue weighted by Crippen LogP contribution is -2.15. The van der Waals surface area contributed by atoms with Crippen molar-refractivity contribution in [1.82, 2.24) is 5.32 Å². The van der Waals surface area contributed by atoms with Gasteiger partial charge in [0.1, 0.15) is 23.1 Å². The summed E-state index contributed by atoms with van der Waals surface area (Å²) in [6, 6.07) is 8.70. The van der Waals surface area contributed by atoms with Gasteiger partial charge in [0.15, 0.2) is 0 Å². The van der Waals surface area contributed by atoms with Crippen LogP contribution in [0.15, 0.2) is 36.4 Å². The molecule has 0 amide bonds. The van der Waals surface area contributed by atoms with Gasteiger partial charge in [0, 0.05) is 18.2 Å². The third kappa shape index (κ3) is 4.16. The zero-order valence-corrected chi connectivity index (χ0v) is 12.4. The van der Waals surface area contributed by atoms with Crippen molar-refractivity contribution in [3.8, 4) is 11.5 Å². The molecule has 0 saturated heterocycles. The van der Waals surface area contributed by atoms with Crippen LogP contribution in [0.3, 0.4) is 0 Å². The molecule has 112 valence electrons. The largest absolute Gasteiger partial charge is 0.457 e. The Morgan fingerprint density at radius 1 is 1.14 bits per heavy atom. The second-order valence-corrected chi connectivity index (χ2v) is 4.98. The smallest absolute Gasteiger partial charge is 0.145 e. The quantitative estimate of drug-likeness (QED) is 0.765. The van der Waals surface area contributed by atoms with Crippen LogP contribution in [0.2, 0.25) is 5.02 Å². The van der Waals surface area contributed by atoms with Gasteiger partial charge >= 0.3 is 0 Å². The van der Waals surface area contributed by atoms with E-state index in [9.17, 15) is 8.78 Å². The van der Waals surface area contributed by atoms with E-state index in [1.54, 1.807) is 18.2 Å². The topological polar surface area (TPSA) is 21.3 Å². The Labute approximate surface area is 127 Å². The van der Waals surface area contributed by atoms with Crippen LogP contribution in [0.1, 0.15) is 18.9 Å². The summed E-state index contributed by atoms with van der Waals surface area (Å²) in [5.41, 5.74) is 0.418. The molecule has 5 heteroatoms. The van der Waals surface area contributed by atoms with Gasteiger partial charge < -0.3 is 10.1 Å². The summed E-state index contributed by atoms with van der Waals surface area (Å²) in [5.74, 6) is -0.290. The highest BCUT2D eigenvalue weighted by atomic mass is 35.5. The van der Waals surface area contributed by atoms with Gasteiger partial charge in [0.2, 0.25) is 0 Å². The molecule has 2 rings (SSSR count). The Hall–Kier alpha value is -1.65. The minimum Gasteiger partial charge on any atom is -0.457 e. The van der Waals surface area contributed by atoms with Gasteiger partial charge in [0.05, 0.1) is 5.02 Å². The average molecular weight is 312 g/mol. The summed E-state index contributed by atoms with van der Waals surface area (Å²) in [6.45, 7) is 3.16. The lowest BCUT2D eigenvalue weighted by molar-refractivity contribution is 0.457. The average Bonchev–Trinajstić information content (AvgIpc) is 2.46. The minimum atomic E-state index is -0.573. The SMILES string of the molecule is CCCNCc1c(F)cccc1Oc1ccc(Cl)c(F)c1. The number of hydrogen-bond acceptors (Lipinski definition) is 2. The number of rotatable bonds is 6. The molecule has 2 aromatic carbocycles. The van der Waals surface area contributed by atoms with Crippen LogP contribution in [0.5, 0.6) is 11.5 Å². The van der Waals surface area contributed by atoms with Crippen molar-refractivity contribution < 1.29 is 13.5 Å². The second kappa shape index (κ2) is 7.38. The Morgan fingerprint density at radius 3 is 2.67 bits per heavy atom. The van der Waals surface area contributed by atoms with E-state index in [4.69, 9.17) is 16.3 Å². The van der Waals surface area contributed by atoms with Crippen LogP contribution in [0, 0.1) is 11.6 Å². The second-order valence-electron chi connectivity index (χ2n) is 4.57. The van der Waals surface area contributed by atoms with Crippen molar-refractivity contribution >= 4 is 11.6 Å². The Bertz CT molecular complexity index is 619. The Balaban J connectivity index is 2.22. The molecule has 0 saturated carbocycles. The summed E-state index contributed by atoms with van der Waals surface area (Å²) in [7, 11) is 0. The van der Waals surface area contributed by atoms with Gasteiger partial charge in [-0.25, -0.2) is 8.78 Å². The maximum Gasteiger partial charge on any atom is 0.145 e. The van der Waals surface area contributed by atoms with Crippen LogP contribution in [0.25, 0.3) is 0 Å². The van der Waals surface area contributed by atoms with Crippen molar-refractivity contribution in [2.45, 2.75) is 19.9 Å². The first-order chi connectivity index (χ1) is 10.1. The van der Waals surface area contributed by atoms with Crippen molar-refractivity contribution in [3.05, 3.63) is 58.6 Å². The van der Waals surface area contributed by atoms with Crippen LogP contribution in [0.4, 0.5) is 8.78 Å². The molecule has 2 nitrogen and oxygen atoms in total. The van der Waals surface area contributed by atoms with Gasteiger partial charge in [-0.3, -0.25) is 0 Å². The van der Waals surface area contributed by atoms with Gasteiger partial charge in [-0.15, -0.1) is 0 Å². The molecule has 0 fully saturated rings. The Morgan fingerprint density at radius 2 is 1.95 bits per heavy atom. The van der Waals surface area contributed by atoms with Crippen LogP contribution < -0.4 is 10.1 Å². The molecular formula is C16H16ClF2NO. The molecule has 0 radical (unpaired) electrons. The highest BCUT2D eigenvalue weighted by Crippen LogP contribution is 2.29. The van der Waals surface area contributed by atoms with E-state index in [1.807, 2.05) is 6.92 Å². The van der Waals surface area contributed by atoms with Crippen LogP contribution in [-0.4, -0.2) is 6.54 Å². The number of ether oxygens (including phenoxy) is 1. The predicted octanol–water partition coefficient (Wildman–Crippen LogP) is 4.91. The Kier molecular flexibility index (Phi) is 5.53. The molecule has 0 aliphatic rings. The fourth-order valence-corrected chi connectivity index (χ4v) is 1.98. The first-order valence-corrected chi connectivity index (χ1v) is 7.10. The standard InChI is InChI=1S/C16H16ClF2NO/c1-2-8-20-10-12-14(18)4-3-5-16(12)21-11-6-7-13(17)15(19)9-11/h3-7,9,20H,2,8,10H2,1H3. The zero-order valence-electron chi connectivity index (χ0n) is 11.6. The van der Waals surface area contributed by atoms with E-state index in [1.165, 1.54) is 18.2 Å². The molecule has 2 aromatic rings. The molecule has 0 atom stereocenters. The number of halogens is 3.